The Balaban J connectivity index is 2.34. The summed E-state index contributed by atoms with van der Waals surface area (Å²) in [4.78, 5) is 30.5. The van der Waals surface area contributed by atoms with E-state index in [-0.39, 0.29) is 17.4 Å². The maximum atomic E-state index is 11.9. The fraction of sp³-hybridized carbons (Fsp3) is 0.429. The zero-order valence-corrected chi connectivity index (χ0v) is 13.3. The number of halogens is 1. The Labute approximate surface area is 132 Å². The maximum absolute atomic E-state index is 11.9. The van der Waals surface area contributed by atoms with Crippen molar-refractivity contribution in [1.82, 2.24) is 19.7 Å². The van der Waals surface area contributed by atoms with Crippen LogP contribution in [0.5, 0.6) is 0 Å². The smallest absolute Gasteiger partial charge is 0.252 e. The van der Waals surface area contributed by atoms with Gasteiger partial charge in [-0.25, -0.2) is 4.98 Å². The summed E-state index contributed by atoms with van der Waals surface area (Å²) >= 11 is 5.58. The molecule has 8 heteroatoms. The predicted octanol–water partition coefficient (Wildman–Crippen LogP) is 1.78. The molecule has 0 atom stereocenters. The number of amides is 1. The number of alkyl halides is 1. The number of carbonyl (C=O) groups is 1. The average Bonchev–Trinajstić information content (AvgIpc) is 2.85. The van der Waals surface area contributed by atoms with Crippen molar-refractivity contribution in [1.29, 1.82) is 0 Å². The highest BCUT2D eigenvalue weighted by Crippen LogP contribution is 2.14. The lowest BCUT2D eigenvalue weighted by Crippen LogP contribution is -2.19. The van der Waals surface area contributed by atoms with Crippen LogP contribution in [0, 0.1) is 6.92 Å². The summed E-state index contributed by atoms with van der Waals surface area (Å²) in [6.45, 7) is 3.71. The maximum Gasteiger partial charge on any atom is 0.252 e. The van der Waals surface area contributed by atoms with Gasteiger partial charge in [-0.2, -0.15) is 9.78 Å². The largest absolute Gasteiger partial charge is 0.310 e. The lowest BCUT2D eigenvalue weighted by molar-refractivity contribution is -0.116. The van der Waals surface area contributed by atoms with Crippen LogP contribution in [0.4, 0.5) is 5.82 Å². The number of aryl methyl sites for hydroxylation is 2. The van der Waals surface area contributed by atoms with E-state index in [0.29, 0.717) is 42.3 Å². The standard InChI is InChI=1S/C14H18ClN5O2/c1-3-10-8-13(22)18-14(16-10)20-11(7-9(2)19-20)17-12(21)5-4-6-15/h7-8H,3-6H2,1-2H3,(H,17,21)(H,16,18,22). The molecule has 2 N–H and O–H groups in total. The summed E-state index contributed by atoms with van der Waals surface area (Å²) in [5, 5.41) is 7.04. The molecule has 0 aromatic carbocycles. The molecular weight excluding hydrogens is 306 g/mol. The van der Waals surface area contributed by atoms with Crippen LogP contribution < -0.4 is 10.9 Å². The summed E-state index contributed by atoms with van der Waals surface area (Å²) in [7, 11) is 0. The fourth-order valence-electron chi connectivity index (χ4n) is 1.96. The molecule has 2 heterocycles. The van der Waals surface area contributed by atoms with E-state index in [0.717, 1.165) is 0 Å². The number of aromatic amines is 1. The van der Waals surface area contributed by atoms with E-state index < -0.39 is 0 Å². The van der Waals surface area contributed by atoms with Crippen LogP contribution >= 0.6 is 11.6 Å². The fourth-order valence-corrected chi connectivity index (χ4v) is 2.09. The van der Waals surface area contributed by atoms with Gasteiger partial charge in [0.1, 0.15) is 5.82 Å². The molecule has 2 aromatic heterocycles. The van der Waals surface area contributed by atoms with Crippen molar-refractivity contribution < 1.29 is 4.79 Å². The first-order chi connectivity index (χ1) is 10.5. The van der Waals surface area contributed by atoms with E-state index in [4.69, 9.17) is 11.6 Å². The predicted molar refractivity (Wildman–Crippen MR) is 84.7 cm³/mol. The molecule has 22 heavy (non-hydrogen) atoms. The van der Waals surface area contributed by atoms with Gasteiger partial charge in [-0.3, -0.25) is 14.6 Å². The molecule has 0 aliphatic carbocycles. The quantitative estimate of drug-likeness (QED) is 0.792. The number of anilines is 1. The van der Waals surface area contributed by atoms with Crippen LogP contribution in [-0.2, 0) is 11.2 Å². The molecule has 0 aliphatic heterocycles. The van der Waals surface area contributed by atoms with Crippen molar-refractivity contribution >= 4 is 23.3 Å². The number of nitrogens with one attached hydrogen (secondary N) is 2. The number of rotatable bonds is 6. The molecule has 0 bridgehead atoms. The van der Waals surface area contributed by atoms with Gasteiger partial charge in [-0.05, 0) is 19.8 Å². The lowest BCUT2D eigenvalue weighted by atomic mass is 10.3. The Morgan fingerprint density at radius 2 is 2.23 bits per heavy atom. The monoisotopic (exact) mass is 323 g/mol. The van der Waals surface area contributed by atoms with E-state index in [1.807, 2.05) is 6.92 Å². The molecule has 0 saturated carbocycles. The van der Waals surface area contributed by atoms with Crippen LogP contribution in [0.1, 0.15) is 31.2 Å². The highest BCUT2D eigenvalue weighted by atomic mass is 35.5. The van der Waals surface area contributed by atoms with Crippen LogP contribution in [0.2, 0.25) is 0 Å². The van der Waals surface area contributed by atoms with Crippen LogP contribution in [0.25, 0.3) is 5.95 Å². The van der Waals surface area contributed by atoms with Crippen molar-refractivity contribution in [2.45, 2.75) is 33.1 Å². The molecule has 1 amide bonds. The number of hydrogen-bond donors (Lipinski definition) is 2. The van der Waals surface area contributed by atoms with Gasteiger partial charge in [0.25, 0.3) is 5.56 Å². The van der Waals surface area contributed by atoms with Crippen LogP contribution in [0.15, 0.2) is 16.9 Å². The van der Waals surface area contributed by atoms with Crippen LogP contribution in [0.3, 0.4) is 0 Å². The molecule has 0 saturated heterocycles. The van der Waals surface area contributed by atoms with Gasteiger partial charge < -0.3 is 5.32 Å². The summed E-state index contributed by atoms with van der Waals surface area (Å²) < 4.78 is 1.43. The van der Waals surface area contributed by atoms with Crippen molar-refractivity contribution in [2.24, 2.45) is 0 Å². The second-order valence-corrected chi connectivity index (χ2v) is 5.22. The molecular formula is C14H18ClN5O2. The molecule has 118 valence electrons. The minimum atomic E-state index is -0.255. The lowest BCUT2D eigenvalue weighted by Gasteiger charge is -2.08. The summed E-state index contributed by atoms with van der Waals surface area (Å²) in [6, 6.07) is 3.16. The van der Waals surface area contributed by atoms with Gasteiger partial charge in [0.2, 0.25) is 11.9 Å². The van der Waals surface area contributed by atoms with E-state index >= 15 is 0 Å². The number of hydrogen-bond acceptors (Lipinski definition) is 4. The Morgan fingerprint density at radius 1 is 1.45 bits per heavy atom. The van der Waals surface area contributed by atoms with Crippen molar-refractivity contribution in [3.63, 3.8) is 0 Å². The van der Waals surface area contributed by atoms with Gasteiger partial charge in [0, 0.05) is 30.1 Å². The Hall–Kier alpha value is -2.15. The first-order valence-corrected chi connectivity index (χ1v) is 7.60. The normalized spacial score (nSPS) is 10.7. The zero-order valence-electron chi connectivity index (χ0n) is 12.5. The summed E-state index contributed by atoms with van der Waals surface area (Å²) in [6.07, 6.45) is 1.56. The second kappa shape index (κ2) is 7.22. The Kier molecular flexibility index (Phi) is 5.32. The highest BCUT2D eigenvalue weighted by molar-refractivity contribution is 6.18. The number of carbonyl (C=O) groups excluding carboxylic acids is 1. The Morgan fingerprint density at radius 3 is 2.91 bits per heavy atom. The van der Waals surface area contributed by atoms with Crippen LogP contribution in [-0.4, -0.2) is 31.5 Å². The third kappa shape index (κ3) is 3.94. The van der Waals surface area contributed by atoms with E-state index in [1.165, 1.54) is 10.7 Å². The average molecular weight is 324 g/mol. The second-order valence-electron chi connectivity index (χ2n) is 4.84. The van der Waals surface area contributed by atoms with Crippen molar-refractivity contribution in [3.05, 3.63) is 33.9 Å². The van der Waals surface area contributed by atoms with E-state index in [9.17, 15) is 9.59 Å². The first kappa shape index (κ1) is 16.2. The van der Waals surface area contributed by atoms with Gasteiger partial charge in [-0.15, -0.1) is 11.6 Å². The molecule has 0 radical (unpaired) electrons. The number of H-pyrrole nitrogens is 1. The molecule has 0 spiro atoms. The van der Waals surface area contributed by atoms with Gasteiger partial charge in [0.15, 0.2) is 0 Å². The van der Waals surface area contributed by atoms with Gasteiger partial charge >= 0.3 is 0 Å². The highest BCUT2D eigenvalue weighted by Gasteiger charge is 2.13. The topological polar surface area (TPSA) is 92.7 Å². The minimum Gasteiger partial charge on any atom is -0.310 e. The molecule has 0 fully saturated rings. The number of aromatic nitrogens is 4. The number of nitrogens with zero attached hydrogens (tertiary/aromatic N) is 3. The third-order valence-electron chi connectivity index (χ3n) is 2.98. The SMILES string of the molecule is CCc1cc(=O)[nH]c(-n2nc(C)cc2NC(=O)CCCCl)n1. The molecule has 7 nitrogen and oxygen atoms in total. The molecule has 2 rings (SSSR count). The summed E-state index contributed by atoms with van der Waals surface area (Å²) in [5.74, 6) is 1.02. The summed E-state index contributed by atoms with van der Waals surface area (Å²) in [5.41, 5.74) is 1.11. The van der Waals surface area contributed by atoms with Gasteiger partial charge in [-0.1, -0.05) is 6.92 Å². The van der Waals surface area contributed by atoms with Crippen molar-refractivity contribution in [2.75, 3.05) is 11.2 Å². The zero-order chi connectivity index (χ0) is 16.1. The molecule has 0 unspecified atom stereocenters. The Bertz CT molecular complexity index is 722. The van der Waals surface area contributed by atoms with E-state index in [1.54, 1.807) is 13.0 Å². The van der Waals surface area contributed by atoms with E-state index in [2.05, 4.69) is 20.4 Å². The molecule has 2 aromatic rings. The first-order valence-electron chi connectivity index (χ1n) is 7.06. The third-order valence-corrected chi connectivity index (χ3v) is 3.25. The van der Waals surface area contributed by atoms with Crippen molar-refractivity contribution in [3.8, 4) is 5.95 Å². The minimum absolute atomic E-state index is 0.157. The molecule has 0 aliphatic rings. The van der Waals surface area contributed by atoms with Gasteiger partial charge in [0.05, 0.1) is 5.69 Å².